The molecule has 1 heterocycles. The topological polar surface area (TPSA) is 12.9 Å². The van der Waals surface area contributed by atoms with Crippen LogP contribution in [0.15, 0.2) is 45.5 Å². The van der Waals surface area contributed by atoms with Crippen LogP contribution in [-0.2, 0) is 0 Å². The number of hydrogen-bond donors (Lipinski definition) is 0. The lowest BCUT2D eigenvalue weighted by molar-refractivity contribution is 1.29. The summed E-state index contributed by atoms with van der Waals surface area (Å²) in [5.41, 5.74) is 3.33. The number of pyridine rings is 1. The van der Waals surface area contributed by atoms with E-state index in [9.17, 15) is 0 Å². The van der Waals surface area contributed by atoms with Gasteiger partial charge in [-0.25, -0.2) is 0 Å². The summed E-state index contributed by atoms with van der Waals surface area (Å²) >= 11 is 7.01. The highest BCUT2D eigenvalue weighted by Crippen LogP contribution is 2.32. The third kappa shape index (κ3) is 2.29. The fourth-order valence-corrected chi connectivity index (χ4v) is 2.18. The average Bonchev–Trinajstić information content (AvgIpc) is 2.22. The Kier molecular flexibility index (Phi) is 3.22. The van der Waals surface area contributed by atoms with Crippen molar-refractivity contribution < 1.29 is 0 Å². The molecule has 0 aliphatic heterocycles. The molecule has 1 nitrogen and oxygen atoms in total. The van der Waals surface area contributed by atoms with Gasteiger partial charge in [-0.1, -0.05) is 23.8 Å². The summed E-state index contributed by atoms with van der Waals surface area (Å²) in [5.74, 6) is 0. The summed E-state index contributed by atoms with van der Waals surface area (Å²) in [6.45, 7) is 2.08. The van der Waals surface area contributed by atoms with E-state index in [1.54, 1.807) is 6.20 Å². The summed E-state index contributed by atoms with van der Waals surface area (Å²) in [7, 11) is 0. The van der Waals surface area contributed by atoms with Gasteiger partial charge in [-0.05, 0) is 50.9 Å². The van der Waals surface area contributed by atoms with Crippen LogP contribution in [-0.4, -0.2) is 4.98 Å². The van der Waals surface area contributed by atoms with Gasteiger partial charge in [0, 0.05) is 16.2 Å². The van der Waals surface area contributed by atoms with Crippen LogP contribution in [0.2, 0.25) is 0 Å². The predicted octanol–water partition coefficient (Wildman–Crippen LogP) is 4.58. The van der Waals surface area contributed by atoms with Crippen molar-refractivity contribution in [2.24, 2.45) is 0 Å². The molecule has 1 aromatic carbocycles. The van der Waals surface area contributed by atoms with Crippen LogP contribution < -0.4 is 0 Å². The predicted molar refractivity (Wildman–Crippen MR) is 69.8 cm³/mol. The Hall–Kier alpha value is -0.670. The lowest BCUT2D eigenvalue weighted by atomic mass is 10.1. The van der Waals surface area contributed by atoms with Crippen molar-refractivity contribution in [1.29, 1.82) is 0 Å². The summed E-state index contributed by atoms with van der Waals surface area (Å²) in [6.07, 6.45) is 1.80. The molecule has 0 unspecified atom stereocenters. The Labute approximate surface area is 106 Å². The second-order valence-corrected chi connectivity index (χ2v) is 4.97. The fraction of sp³-hybridized carbons (Fsp3) is 0.0833. The van der Waals surface area contributed by atoms with E-state index in [-0.39, 0.29) is 0 Å². The Bertz CT molecular complexity index is 495. The summed E-state index contributed by atoms with van der Waals surface area (Å²) in [4.78, 5) is 4.37. The van der Waals surface area contributed by atoms with E-state index in [1.807, 2.05) is 12.1 Å². The second kappa shape index (κ2) is 4.45. The molecule has 0 spiro atoms. The van der Waals surface area contributed by atoms with Crippen LogP contribution in [0.1, 0.15) is 5.56 Å². The molecule has 0 aliphatic carbocycles. The second-order valence-electron chi connectivity index (χ2n) is 3.32. The van der Waals surface area contributed by atoms with Crippen molar-refractivity contribution in [3.05, 3.63) is 51.0 Å². The molecule has 76 valence electrons. The number of nitrogens with zero attached hydrogens (tertiary/aromatic N) is 1. The summed E-state index contributed by atoms with van der Waals surface area (Å²) < 4.78 is 2.02. The Balaban J connectivity index is 2.59. The minimum absolute atomic E-state index is 0.966. The van der Waals surface area contributed by atoms with Crippen LogP contribution in [0.5, 0.6) is 0 Å². The monoisotopic (exact) mass is 325 g/mol. The minimum Gasteiger partial charge on any atom is -0.255 e. The van der Waals surface area contributed by atoms with E-state index >= 15 is 0 Å². The SMILES string of the molecule is Cc1cccc(-c2nccc(Br)c2Br)c1. The molecule has 0 amide bonds. The van der Waals surface area contributed by atoms with E-state index in [0.29, 0.717) is 0 Å². The normalized spacial score (nSPS) is 10.3. The molecular formula is C12H9Br2N. The first-order chi connectivity index (χ1) is 7.18. The Morgan fingerprint density at radius 1 is 1.13 bits per heavy atom. The fourth-order valence-electron chi connectivity index (χ4n) is 1.41. The lowest BCUT2D eigenvalue weighted by Gasteiger charge is -2.05. The van der Waals surface area contributed by atoms with E-state index in [2.05, 4.69) is 62.0 Å². The maximum atomic E-state index is 4.37. The van der Waals surface area contributed by atoms with Crippen LogP contribution in [0.3, 0.4) is 0 Å². The van der Waals surface area contributed by atoms with E-state index in [1.165, 1.54) is 5.56 Å². The minimum atomic E-state index is 0.966. The molecule has 15 heavy (non-hydrogen) atoms. The molecule has 0 saturated carbocycles. The molecule has 0 radical (unpaired) electrons. The maximum Gasteiger partial charge on any atom is 0.0855 e. The van der Waals surface area contributed by atoms with Gasteiger partial charge in [0.1, 0.15) is 0 Å². The molecule has 1 aromatic heterocycles. The zero-order valence-corrected chi connectivity index (χ0v) is 11.3. The van der Waals surface area contributed by atoms with Gasteiger partial charge >= 0.3 is 0 Å². The number of rotatable bonds is 1. The smallest absolute Gasteiger partial charge is 0.0855 e. The zero-order chi connectivity index (χ0) is 10.8. The van der Waals surface area contributed by atoms with Gasteiger partial charge in [0.25, 0.3) is 0 Å². The standard InChI is InChI=1S/C12H9Br2N/c1-8-3-2-4-9(7-8)12-11(14)10(13)5-6-15-12/h2-7H,1H3. The highest BCUT2D eigenvalue weighted by atomic mass is 79.9. The van der Waals surface area contributed by atoms with Crippen molar-refractivity contribution in [2.75, 3.05) is 0 Å². The van der Waals surface area contributed by atoms with Crippen molar-refractivity contribution in [1.82, 2.24) is 4.98 Å². The molecule has 0 atom stereocenters. The highest BCUT2D eigenvalue weighted by Gasteiger charge is 2.07. The molecule has 0 aliphatic rings. The van der Waals surface area contributed by atoms with Crippen LogP contribution in [0, 0.1) is 6.92 Å². The van der Waals surface area contributed by atoms with Gasteiger partial charge in [-0.3, -0.25) is 4.98 Å². The first-order valence-electron chi connectivity index (χ1n) is 4.55. The Morgan fingerprint density at radius 3 is 2.67 bits per heavy atom. The van der Waals surface area contributed by atoms with Gasteiger partial charge in [0.05, 0.1) is 10.2 Å². The van der Waals surface area contributed by atoms with Crippen LogP contribution in [0.4, 0.5) is 0 Å². The molecule has 3 heteroatoms. The molecule has 2 aromatic rings. The van der Waals surface area contributed by atoms with Gasteiger partial charge in [0.15, 0.2) is 0 Å². The third-order valence-electron chi connectivity index (χ3n) is 2.13. The van der Waals surface area contributed by atoms with E-state index in [4.69, 9.17) is 0 Å². The van der Waals surface area contributed by atoms with Crippen molar-refractivity contribution in [3.8, 4) is 11.3 Å². The molecule has 0 bridgehead atoms. The molecular weight excluding hydrogens is 318 g/mol. The maximum absolute atomic E-state index is 4.37. The largest absolute Gasteiger partial charge is 0.255 e. The summed E-state index contributed by atoms with van der Waals surface area (Å²) in [5, 5.41) is 0. The number of aromatic nitrogens is 1. The highest BCUT2D eigenvalue weighted by molar-refractivity contribution is 9.13. The first-order valence-corrected chi connectivity index (χ1v) is 6.14. The van der Waals surface area contributed by atoms with Crippen molar-refractivity contribution in [2.45, 2.75) is 6.92 Å². The Morgan fingerprint density at radius 2 is 1.93 bits per heavy atom. The average molecular weight is 327 g/mol. The van der Waals surface area contributed by atoms with Crippen LogP contribution >= 0.6 is 31.9 Å². The zero-order valence-electron chi connectivity index (χ0n) is 8.17. The van der Waals surface area contributed by atoms with Crippen LogP contribution in [0.25, 0.3) is 11.3 Å². The van der Waals surface area contributed by atoms with Gasteiger partial charge in [-0.2, -0.15) is 0 Å². The quantitative estimate of drug-likeness (QED) is 0.747. The van der Waals surface area contributed by atoms with Crippen molar-refractivity contribution in [3.63, 3.8) is 0 Å². The molecule has 0 saturated heterocycles. The van der Waals surface area contributed by atoms with Gasteiger partial charge < -0.3 is 0 Å². The molecule has 2 rings (SSSR count). The first kappa shape index (κ1) is 10.8. The molecule has 0 fully saturated rings. The van der Waals surface area contributed by atoms with E-state index in [0.717, 1.165) is 20.2 Å². The van der Waals surface area contributed by atoms with Gasteiger partial charge in [-0.15, -0.1) is 0 Å². The summed E-state index contributed by atoms with van der Waals surface area (Å²) in [6, 6.07) is 10.2. The number of hydrogen-bond acceptors (Lipinski definition) is 1. The van der Waals surface area contributed by atoms with E-state index < -0.39 is 0 Å². The third-order valence-corrected chi connectivity index (χ3v) is 4.13. The van der Waals surface area contributed by atoms with Gasteiger partial charge in [0.2, 0.25) is 0 Å². The number of halogens is 2. The molecule has 0 N–H and O–H groups in total. The number of aryl methyl sites for hydroxylation is 1. The number of benzene rings is 1. The van der Waals surface area contributed by atoms with Crippen molar-refractivity contribution >= 4 is 31.9 Å². The lowest BCUT2D eigenvalue weighted by Crippen LogP contribution is -1.86.